The summed E-state index contributed by atoms with van der Waals surface area (Å²) in [4.78, 5) is 2.29. The lowest BCUT2D eigenvalue weighted by molar-refractivity contribution is -0.000855. The van der Waals surface area contributed by atoms with Gasteiger partial charge in [-0.1, -0.05) is 19.3 Å². The van der Waals surface area contributed by atoms with Crippen molar-refractivity contribution in [2.45, 2.75) is 57.1 Å². The highest BCUT2D eigenvalue weighted by Gasteiger charge is 2.35. The highest BCUT2D eigenvalue weighted by Crippen LogP contribution is 2.33. The first-order chi connectivity index (χ1) is 7.83. The van der Waals surface area contributed by atoms with Gasteiger partial charge >= 0.3 is 0 Å². The molecule has 3 atom stereocenters. The van der Waals surface area contributed by atoms with E-state index in [4.69, 9.17) is 5.26 Å². The molecule has 1 N–H and O–H groups in total. The molecule has 0 aromatic carbocycles. The zero-order chi connectivity index (χ0) is 11.4. The standard InChI is InChI=1S/C13H22N2O/c14-8-10-15-9-4-3-6-12(15)11-5-1-2-7-13(11)16/h11-13,16H,1-7,9-10H2. The van der Waals surface area contributed by atoms with E-state index >= 15 is 0 Å². The topological polar surface area (TPSA) is 47.3 Å². The van der Waals surface area contributed by atoms with E-state index in [1.807, 2.05) is 0 Å². The summed E-state index contributed by atoms with van der Waals surface area (Å²) in [5.41, 5.74) is 0. The van der Waals surface area contributed by atoms with E-state index in [1.165, 1.54) is 32.1 Å². The molecule has 2 fully saturated rings. The molecule has 3 heteroatoms. The van der Waals surface area contributed by atoms with E-state index in [9.17, 15) is 5.11 Å². The molecule has 0 aromatic heterocycles. The highest BCUT2D eigenvalue weighted by atomic mass is 16.3. The van der Waals surface area contributed by atoms with Gasteiger partial charge in [0.1, 0.15) is 0 Å². The predicted molar refractivity (Wildman–Crippen MR) is 62.8 cm³/mol. The number of nitrogens with zero attached hydrogens (tertiary/aromatic N) is 2. The normalized spacial score (nSPS) is 36.9. The minimum absolute atomic E-state index is 0.127. The van der Waals surface area contributed by atoms with Gasteiger partial charge in [0.15, 0.2) is 0 Å². The zero-order valence-electron chi connectivity index (χ0n) is 9.94. The highest BCUT2D eigenvalue weighted by molar-refractivity contribution is 4.91. The molecule has 1 aliphatic carbocycles. The Hall–Kier alpha value is -0.590. The van der Waals surface area contributed by atoms with Crippen LogP contribution in [0.25, 0.3) is 0 Å². The average molecular weight is 222 g/mol. The van der Waals surface area contributed by atoms with Crippen molar-refractivity contribution in [3.8, 4) is 6.07 Å². The van der Waals surface area contributed by atoms with Crippen LogP contribution >= 0.6 is 0 Å². The Labute approximate surface area is 98.1 Å². The van der Waals surface area contributed by atoms with Gasteiger partial charge in [0.2, 0.25) is 0 Å². The maximum Gasteiger partial charge on any atom is 0.0868 e. The van der Waals surface area contributed by atoms with Gasteiger partial charge in [-0.15, -0.1) is 0 Å². The fraction of sp³-hybridized carbons (Fsp3) is 0.923. The second kappa shape index (κ2) is 5.65. The van der Waals surface area contributed by atoms with Crippen LogP contribution in [0.3, 0.4) is 0 Å². The summed E-state index contributed by atoms with van der Waals surface area (Å²) < 4.78 is 0. The molecule has 0 radical (unpaired) electrons. The van der Waals surface area contributed by atoms with Crippen LogP contribution in [0.4, 0.5) is 0 Å². The third kappa shape index (κ3) is 2.56. The number of aliphatic hydroxyl groups is 1. The Kier molecular flexibility index (Phi) is 4.20. The zero-order valence-corrected chi connectivity index (χ0v) is 9.94. The largest absolute Gasteiger partial charge is 0.393 e. The summed E-state index contributed by atoms with van der Waals surface area (Å²) in [5.74, 6) is 0.419. The number of hydrogen-bond donors (Lipinski definition) is 1. The van der Waals surface area contributed by atoms with Crippen LogP contribution in [0.2, 0.25) is 0 Å². The van der Waals surface area contributed by atoms with Gasteiger partial charge in [-0.3, -0.25) is 4.90 Å². The molecule has 3 unspecified atom stereocenters. The lowest BCUT2D eigenvalue weighted by atomic mass is 9.78. The fourth-order valence-electron chi connectivity index (χ4n) is 3.38. The number of aliphatic hydroxyl groups excluding tert-OH is 1. The molecule has 1 heterocycles. The summed E-state index contributed by atoms with van der Waals surface area (Å²) in [6.45, 7) is 1.58. The molecule has 1 saturated heterocycles. The van der Waals surface area contributed by atoms with Crippen molar-refractivity contribution in [1.82, 2.24) is 4.90 Å². The number of piperidine rings is 1. The number of nitriles is 1. The van der Waals surface area contributed by atoms with Gasteiger partial charge in [-0.2, -0.15) is 5.26 Å². The monoisotopic (exact) mass is 222 g/mol. The fourth-order valence-corrected chi connectivity index (χ4v) is 3.38. The molecule has 2 rings (SSSR count). The van der Waals surface area contributed by atoms with Gasteiger partial charge in [0, 0.05) is 12.0 Å². The Morgan fingerprint density at radius 2 is 1.88 bits per heavy atom. The van der Waals surface area contributed by atoms with Gasteiger partial charge < -0.3 is 5.11 Å². The number of likely N-dealkylation sites (tertiary alicyclic amines) is 1. The molecule has 3 nitrogen and oxygen atoms in total. The quantitative estimate of drug-likeness (QED) is 0.726. The van der Waals surface area contributed by atoms with E-state index in [0.717, 1.165) is 19.4 Å². The Morgan fingerprint density at radius 3 is 2.62 bits per heavy atom. The Morgan fingerprint density at radius 1 is 1.12 bits per heavy atom. The first-order valence-electron chi connectivity index (χ1n) is 6.62. The van der Waals surface area contributed by atoms with Gasteiger partial charge in [0.05, 0.1) is 18.7 Å². The van der Waals surface area contributed by atoms with Crippen LogP contribution < -0.4 is 0 Å². The summed E-state index contributed by atoms with van der Waals surface area (Å²) in [5, 5.41) is 18.9. The van der Waals surface area contributed by atoms with Crippen LogP contribution in [0.15, 0.2) is 0 Å². The first-order valence-corrected chi connectivity index (χ1v) is 6.62. The van der Waals surface area contributed by atoms with E-state index in [0.29, 0.717) is 18.5 Å². The number of hydrogen-bond acceptors (Lipinski definition) is 3. The van der Waals surface area contributed by atoms with Crippen LogP contribution in [0, 0.1) is 17.2 Å². The summed E-state index contributed by atoms with van der Waals surface area (Å²) in [7, 11) is 0. The molecule has 0 spiro atoms. The van der Waals surface area contributed by atoms with Crippen molar-refractivity contribution < 1.29 is 5.11 Å². The summed E-state index contributed by atoms with van der Waals surface area (Å²) >= 11 is 0. The summed E-state index contributed by atoms with van der Waals surface area (Å²) in [6, 6.07) is 2.73. The van der Waals surface area contributed by atoms with Crippen molar-refractivity contribution in [2.75, 3.05) is 13.1 Å². The van der Waals surface area contributed by atoms with E-state index in [1.54, 1.807) is 0 Å². The molecule has 0 aromatic rings. The molecule has 1 saturated carbocycles. The van der Waals surface area contributed by atoms with Crippen molar-refractivity contribution >= 4 is 0 Å². The van der Waals surface area contributed by atoms with Crippen LogP contribution in [0.5, 0.6) is 0 Å². The molecular formula is C13H22N2O. The summed E-state index contributed by atoms with van der Waals surface area (Å²) in [6.07, 6.45) is 8.04. The Bertz CT molecular complexity index is 261. The lowest BCUT2D eigenvalue weighted by Crippen LogP contribution is -2.48. The maximum absolute atomic E-state index is 10.1. The van der Waals surface area contributed by atoms with E-state index in [-0.39, 0.29) is 6.10 Å². The SMILES string of the molecule is N#CCN1CCCCC1C1CCCCC1O. The average Bonchev–Trinajstić information content (AvgIpc) is 2.31. The molecular weight excluding hydrogens is 200 g/mol. The Balaban J connectivity index is 2.01. The van der Waals surface area contributed by atoms with Gasteiger partial charge in [-0.05, 0) is 32.2 Å². The minimum Gasteiger partial charge on any atom is -0.393 e. The van der Waals surface area contributed by atoms with E-state index in [2.05, 4.69) is 11.0 Å². The van der Waals surface area contributed by atoms with Crippen LogP contribution in [-0.2, 0) is 0 Å². The third-order valence-electron chi connectivity index (χ3n) is 4.21. The number of rotatable bonds is 2. The van der Waals surface area contributed by atoms with Gasteiger partial charge in [0.25, 0.3) is 0 Å². The molecule has 16 heavy (non-hydrogen) atoms. The van der Waals surface area contributed by atoms with E-state index < -0.39 is 0 Å². The molecule has 90 valence electrons. The molecule has 1 aliphatic heterocycles. The minimum atomic E-state index is -0.127. The smallest absolute Gasteiger partial charge is 0.0868 e. The van der Waals surface area contributed by atoms with Crippen molar-refractivity contribution in [1.29, 1.82) is 5.26 Å². The van der Waals surface area contributed by atoms with Crippen LogP contribution in [0.1, 0.15) is 44.9 Å². The molecule has 2 aliphatic rings. The maximum atomic E-state index is 10.1. The predicted octanol–water partition coefficient (Wildman–Crippen LogP) is 1.92. The second-order valence-electron chi connectivity index (χ2n) is 5.21. The van der Waals surface area contributed by atoms with Crippen molar-refractivity contribution in [3.63, 3.8) is 0 Å². The third-order valence-corrected chi connectivity index (χ3v) is 4.21. The second-order valence-corrected chi connectivity index (χ2v) is 5.21. The lowest BCUT2D eigenvalue weighted by Gasteiger charge is -2.42. The molecule has 0 amide bonds. The van der Waals surface area contributed by atoms with Crippen LogP contribution in [-0.4, -0.2) is 35.2 Å². The van der Waals surface area contributed by atoms with Crippen molar-refractivity contribution in [3.05, 3.63) is 0 Å². The van der Waals surface area contributed by atoms with Crippen molar-refractivity contribution in [2.24, 2.45) is 5.92 Å². The first kappa shape index (κ1) is 11.9. The van der Waals surface area contributed by atoms with Gasteiger partial charge in [-0.25, -0.2) is 0 Å². The molecule has 0 bridgehead atoms.